The van der Waals surface area contributed by atoms with Crippen LogP contribution in [0, 0.1) is 20.8 Å². The molecule has 2 heterocycles. The van der Waals surface area contributed by atoms with Crippen LogP contribution in [0.3, 0.4) is 0 Å². The number of carbonyl (C=O) groups excluding carboxylic acids is 1. The SMILES string of the molecule is Cc1ccc(S(=O)(=O)n2cc(C)c(C(=O)NCc3cnc(C)cn3)n2)cc1. The number of carbonyl (C=O) groups is 1. The number of hydrogen-bond donors (Lipinski definition) is 1. The van der Waals surface area contributed by atoms with E-state index in [1.165, 1.54) is 18.3 Å². The normalized spacial score (nSPS) is 11.4. The molecule has 27 heavy (non-hydrogen) atoms. The molecule has 0 saturated carbocycles. The lowest BCUT2D eigenvalue weighted by molar-refractivity contribution is 0.0944. The minimum absolute atomic E-state index is 0.0470. The standard InChI is InChI=1S/C18H19N5O3S/c1-12-4-6-16(7-5-12)27(25,26)23-11-13(2)17(22-23)18(24)21-10-15-9-19-14(3)8-20-15/h4-9,11H,10H2,1-3H3,(H,21,24). The third-order valence-electron chi connectivity index (χ3n) is 3.92. The smallest absolute Gasteiger partial charge is 0.282 e. The number of aromatic nitrogens is 4. The summed E-state index contributed by atoms with van der Waals surface area (Å²) >= 11 is 0. The first kappa shape index (κ1) is 18.7. The molecule has 2 aromatic heterocycles. The molecule has 3 rings (SSSR count). The van der Waals surface area contributed by atoms with Crippen LogP contribution in [0.5, 0.6) is 0 Å². The fourth-order valence-corrected chi connectivity index (χ4v) is 3.55. The Balaban J connectivity index is 1.80. The van der Waals surface area contributed by atoms with E-state index in [2.05, 4.69) is 20.4 Å². The molecule has 0 aliphatic heterocycles. The molecule has 0 saturated heterocycles. The Morgan fingerprint density at radius 2 is 1.78 bits per heavy atom. The van der Waals surface area contributed by atoms with Crippen LogP contribution in [0.1, 0.15) is 33.0 Å². The van der Waals surface area contributed by atoms with Crippen molar-refractivity contribution in [1.29, 1.82) is 0 Å². The van der Waals surface area contributed by atoms with Gasteiger partial charge in [0.15, 0.2) is 5.69 Å². The van der Waals surface area contributed by atoms with Crippen LogP contribution >= 0.6 is 0 Å². The third-order valence-corrected chi connectivity index (χ3v) is 5.47. The lowest BCUT2D eigenvalue weighted by atomic mass is 10.2. The van der Waals surface area contributed by atoms with Gasteiger partial charge < -0.3 is 5.32 Å². The predicted molar refractivity (Wildman–Crippen MR) is 98.7 cm³/mol. The number of hydrogen-bond acceptors (Lipinski definition) is 6. The summed E-state index contributed by atoms with van der Waals surface area (Å²) in [7, 11) is -3.86. The summed E-state index contributed by atoms with van der Waals surface area (Å²) in [4.78, 5) is 20.8. The lowest BCUT2D eigenvalue weighted by Crippen LogP contribution is -2.25. The molecular formula is C18H19N5O3S. The minimum atomic E-state index is -3.86. The Labute approximate surface area is 157 Å². The second-order valence-electron chi connectivity index (χ2n) is 6.18. The van der Waals surface area contributed by atoms with E-state index in [4.69, 9.17) is 0 Å². The van der Waals surface area contributed by atoms with Gasteiger partial charge in [0, 0.05) is 18.0 Å². The molecule has 0 atom stereocenters. The molecule has 0 unspecified atom stereocenters. The number of rotatable bonds is 5. The maximum atomic E-state index is 12.7. The van der Waals surface area contributed by atoms with E-state index in [0.717, 1.165) is 15.3 Å². The molecule has 3 aromatic rings. The molecule has 0 aliphatic carbocycles. The molecule has 140 valence electrons. The highest BCUT2D eigenvalue weighted by Crippen LogP contribution is 2.16. The predicted octanol–water partition coefficient (Wildman–Crippen LogP) is 1.77. The zero-order chi connectivity index (χ0) is 19.6. The van der Waals surface area contributed by atoms with Crippen LogP contribution in [0.2, 0.25) is 0 Å². The van der Waals surface area contributed by atoms with Crippen molar-refractivity contribution in [1.82, 2.24) is 24.5 Å². The summed E-state index contributed by atoms with van der Waals surface area (Å²) in [5.74, 6) is -0.479. The fraction of sp³-hybridized carbons (Fsp3) is 0.222. The van der Waals surface area contributed by atoms with Gasteiger partial charge in [-0.25, -0.2) is 0 Å². The van der Waals surface area contributed by atoms with Gasteiger partial charge in [-0.1, -0.05) is 17.7 Å². The number of amides is 1. The zero-order valence-electron chi connectivity index (χ0n) is 15.2. The highest BCUT2D eigenvalue weighted by Gasteiger charge is 2.22. The first-order chi connectivity index (χ1) is 12.8. The average Bonchev–Trinajstić information content (AvgIpc) is 3.04. The molecule has 8 nitrogen and oxygen atoms in total. The van der Waals surface area contributed by atoms with Crippen molar-refractivity contribution >= 4 is 15.9 Å². The number of aryl methyl sites for hydroxylation is 3. The number of nitrogens with one attached hydrogen (secondary N) is 1. The largest absolute Gasteiger partial charge is 0.345 e. The summed E-state index contributed by atoms with van der Waals surface area (Å²) in [5.41, 5.74) is 2.83. The van der Waals surface area contributed by atoms with Crippen LogP contribution in [-0.2, 0) is 16.6 Å². The minimum Gasteiger partial charge on any atom is -0.345 e. The molecule has 0 radical (unpaired) electrons. The maximum Gasteiger partial charge on any atom is 0.282 e. The Bertz CT molecular complexity index is 1070. The molecule has 0 fully saturated rings. The van der Waals surface area contributed by atoms with Crippen LogP contribution in [0.15, 0.2) is 47.8 Å². The van der Waals surface area contributed by atoms with Crippen molar-refractivity contribution in [2.75, 3.05) is 0 Å². The van der Waals surface area contributed by atoms with Crippen molar-refractivity contribution in [3.05, 3.63) is 71.1 Å². The van der Waals surface area contributed by atoms with E-state index in [0.29, 0.717) is 11.3 Å². The Morgan fingerprint density at radius 3 is 2.41 bits per heavy atom. The second-order valence-corrected chi connectivity index (χ2v) is 7.98. The molecule has 0 spiro atoms. The van der Waals surface area contributed by atoms with Gasteiger partial charge in [-0.2, -0.15) is 17.6 Å². The van der Waals surface area contributed by atoms with Gasteiger partial charge in [-0.15, -0.1) is 0 Å². The highest BCUT2D eigenvalue weighted by molar-refractivity contribution is 7.89. The van der Waals surface area contributed by atoms with Crippen LogP contribution < -0.4 is 5.32 Å². The lowest BCUT2D eigenvalue weighted by Gasteiger charge is -2.05. The second kappa shape index (κ2) is 7.28. The topological polar surface area (TPSA) is 107 Å². The number of benzene rings is 1. The van der Waals surface area contributed by atoms with Gasteiger partial charge in [0.1, 0.15) is 0 Å². The Hall–Kier alpha value is -3.07. The van der Waals surface area contributed by atoms with E-state index in [1.54, 1.807) is 31.5 Å². The molecular weight excluding hydrogens is 366 g/mol. The van der Waals surface area contributed by atoms with E-state index >= 15 is 0 Å². The molecule has 1 aromatic carbocycles. The van der Waals surface area contributed by atoms with Gasteiger partial charge in [-0.3, -0.25) is 14.8 Å². The summed E-state index contributed by atoms with van der Waals surface area (Å²) in [6, 6.07) is 6.44. The molecule has 1 amide bonds. The van der Waals surface area contributed by atoms with E-state index < -0.39 is 15.9 Å². The quantitative estimate of drug-likeness (QED) is 0.717. The van der Waals surface area contributed by atoms with Gasteiger partial charge in [0.05, 0.1) is 29.0 Å². The van der Waals surface area contributed by atoms with Gasteiger partial charge in [0.2, 0.25) is 0 Å². The first-order valence-electron chi connectivity index (χ1n) is 8.21. The molecule has 0 bridgehead atoms. The fourth-order valence-electron chi connectivity index (χ4n) is 2.36. The number of nitrogens with zero attached hydrogens (tertiary/aromatic N) is 4. The summed E-state index contributed by atoms with van der Waals surface area (Å²) in [5, 5.41) is 6.66. The third kappa shape index (κ3) is 4.03. The van der Waals surface area contributed by atoms with Crippen LogP contribution in [-0.4, -0.2) is 33.5 Å². The summed E-state index contributed by atoms with van der Waals surface area (Å²) < 4.78 is 26.2. The van der Waals surface area contributed by atoms with Crippen molar-refractivity contribution in [2.45, 2.75) is 32.2 Å². The van der Waals surface area contributed by atoms with Crippen molar-refractivity contribution in [3.8, 4) is 0 Å². The Morgan fingerprint density at radius 1 is 1.07 bits per heavy atom. The van der Waals surface area contributed by atoms with Gasteiger partial charge >= 0.3 is 0 Å². The molecule has 9 heteroatoms. The summed E-state index contributed by atoms with van der Waals surface area (Å²) in [6.07, 6.45) is 4.51. The monoisotopic (exact) mass is 385 g/mol. The maximum absolute atomic E-state index is 12.7. The van der Waals surface area contributed by atoms with Gasteiger partial charge in [-0.05, 0) is 32.9 Å². The van der Waals surface area contributed by atoms with Crippen LogP contribution in [0.25, 0.3) is 0 Å². The summed E-state index contributed by atoms with van der Waals surface area (Å²) in [6.45, 7) is 5.49. The molecule has 1 N–H and O–H groups in total. The van der Waals surface area contributed by atoms with E-state index in [9.17, 15) is 13.2 Å². The average molecular weight is 385 g/mol. The first-order valence-corrected chi connectivity index (χ1v) is 9.65. The van der Waals surface area contributed by atoms with Crippen molar-refractivity contribution in [2.24, 2.45) is 0 Å². The molecule has 0 aliphatic rings. The van der Waals surface area contributed by atoms with Gasteiger partial charge in [0.25, 0.3) is 15.9 Å². The van der Waals surface area contributed by atoms with Crippen molar-refractivity contribution in [3.63, 3.8) is 0 Å². The van der Waals surface area contributed by atoms with E-state index in [1.807, 2.05) is 13.8 Å². The zero-order valence-corrected chi connectivity index (χ0v) is 16.0. The van der Waals surface area contributed by atoms with E-state index in [-0.39, 0.29) is 17.1 Å². The Kier molecular flexibility index (Phi) is 5.04. The van der Waals surface area contributed by atoms with Crippen LogP contribution in [0.4, 0.5) is 0 Å². The van der Waals surface area contributed by atoms with Crippen molar-refractivity contribution < 1.29 is 13.2 Å². The highest BCUT2D eigenvalue weighted by atomic mass is 32.2.